The van der Waals surface area contributed by atoms with Crippen molar-refractivity contribution >= 4 is 28.1 Å². The van der Waals surface area contributed by atoms with Gasteiger partial charge in [-0.05, 0) is 12.1 Å². The molecule has 148 valence electrons. The van der Waals surface area contributed by atoms with E-state index in [1.54, 1.807) is 26.7 Å². The van der Waals surface area contributed by atoms with E-state index in [2.05, 4.69) is 35.9 Å². The molecule has 0 saturated carbocycles. The summed E-state index contributed by atoms with van der Waals surface area (Å²) in [5.41, 5.74) is 2.79. The van der Waals surface area contributed by atoms with E-state index >= 15 is 0 Å². The number of benzene rings is 1. The van der Waals surface area contributed by atoms with Gasteiger partial charge in [-0.25, -0.2) is 4.98 Å². The zero-order valence-corrected chi connectivity index (χ0v) is 16.3. The van der Waals surface area contributed by atoms with Gasteiger partial charge in [-0.1, -0.05) is 0 Å². The Kier molecular flexibility index (Phi) is 4.27. The summed E-state index contributed by atoms with van der Waals surface area (Å²) in [7, 11) is 3.29. The van der Waals surface area contributed by atoms with Gasteiger partial charge >= 0.3 is 0 Å². The van der Waals surface area contributed by atoms with Gasteiger partial charge in [0.1, 0.15) is 6.33 Å². The summed E-state index contributed by atoms with van der Waals surface area (Å²) in [6.07, 6.45) is 6.96. The lowest BCUT2D eigenvalue weighted by Crippen LogP contribution is -2.47. The molecule has 4 aromatic rings. The Bertz CT molecular complexity index is 1170. The van der Waals surface area contributed by atoms with Gasteiger partial charge in [0.05, 0.1) is 32.1 Å². The molecule has 4 heterocycles. The third kappa shape index (κ3) is 2.95. The molecule has 0 N–H and O–H groups in total. The number of nitrogens with zero attached hydrogens (tertiary/aromatic N) is 7. The van der Waals surface area contributed by atoms with E-state index in [1.807, 2.05) is 29.0 Å². The van der Waals surface area contributed by atoms with E-state index < -0.39 is 0 Å². The molecule has 1 aliphatic heterocycles. The monoisotopic (exact) mass is 391 g/mol. The molecule has 1 saturated heterocycles. The predicted molar refractivity (Wildman–Crippen MR) is 110 cm³/mol. The number of methoxy groups -OCH3 is 2. The first-order valence-electron chi connectivity index (χ1n) is 9.43. The highest BCUT2D eigenvalue weighted by Crippen LogP contribution is 2.36. The first kappa shape index (κ1) is 17.5. The molecule has 0 spiro atoms. The van der Waals surface area contributed by atoms with Gasteiger partial charge in [0.15, 0.2) is 23.0 Å². The van der Waals surface area contributed by atoms with E-state index in [0.717, 1.165) is 54.2 Å². The molecule has 0 radical (unpaired) electrons. The summed E-state index contributed by atoms with van der Waals surface area (Å²) < 4.78 is 12.7. The second-order valence-corrected chi connectivity index (χ2v) is 6.82. The summed E-state index contributed by atoms with van der Waals surface area (Å²) in [6.45, 7) is 3.46. The van der Waals surface area contributed by atoms with Crippen molar-refractivity contribution in [1.29, 1.82) is 0 Å². The molecule has 0 bridgehead atoms. The highest BCUT2D eigenvalue weighted by molar-refractivity contribution is 5.94. The van der Waals surface area contributed by atoms with Crippen LogP contribution in [0.2, 0.25) is 0 Å². The fourth-order valence-corrected chi connectivity index (χ4v) is 3.87. The van der Waals surface area contributed by atoms with Crippen molar-refractivity contribution < 1.29 is 9.47 Å². The molecule has 1 aromatic carbocycles. The summed E-state index contributed by atoms with van der Waals surface area (Å²) in [4.78, 5) is 17.7. The average molecular weight is 391 g/mol. The van der Waals surface area contributed by atoms with Crippen LogP contribution in [0.4, 0.5) is 11.5 Å². The molecule has 0 aliphatic carbocycles. The Morgan fingerprint density at radius 2 is 1.66 bits per heavy atom. The molecule has 5 rings (SSSR count). The van der Waals surface area contributed by atoms with Gasteiger partial charge in [0, 0.05) is 49.5 Å². The maximum Gasteiger partial charge on any atom is 0.175 e. The second-order valence-electron chi connectivity index (χ2n) is 6.82. The zero-order chi connectivity index (χ0) is 19.8. The third-order valence-electron chi connectivity index (χ3n) is 5.34. The lowest BCUT2D eigenvalue weighted by atomic mass is 10.1. The Morgan fingerprint density at radius 3 is 2.45 bits per heavy atom. The molecule has 0 atom stereocenters. The molecule has 0 amide bonds. The van der Waals surface area contributed by atoms with Crippen molar-refractivity contribution in [3.05, 3.63) is 43.1 Å². The van der Waals surface area contributed by atoms with Crippen LogP contribution in [0.15, 0.2) is 43.1 Å². The van der Waals surface area contributed by atoms with Gasteiger partial charge < -0.3 is 19.3 Å². The molecule has 3 aromatic heterocycles. The van der Waals surface area contributed by atoms with Crippen molar-refractivity contribution in [2.75, 3.05) is 50.2 Å². The van der Waals surface area contributed by atoms with Crippen molar-refractivity contribution in [3.63, 3.8) is 0 Å². The van der Waals surface area contributed by atoms with Gasteiger partial charge in [0.25, 0.3) is 0 Å². The molecule has 29 heavy (non-hydrogen) atoms. The number of hydrogen-bond donors (Lipinski definition) is 0. The van der Waals surface area contributed by atoms with Crippen molar-refractivity contribution in [1.82, 2.24) is 24.6 Å². The summed E-state index contributed by atoms with van der Waals surface area (Å²) in [6, 6.07) is 5.98. The van der Waals surface area contributed by atoms with Gasteiger partial charge in [-0.2, -0.15) is 9.61 Å². The van der Waals surface area contributed by atoms with Crippen LogP contribution in [-0.4, -0.2) is 65.0 Å². The summed E-state index contributed by atoms with van der Waals surface area (Å²) >= 11 is 0. The third-order valence-corrected chi connectivity index (χ3v) is 5.34. The topological polar surface area (TPSA) is 80.9 Å². The quantitative estimate of drug-likeness (QED) is 0.523. The SMILES string of the molecule is COc1cc2nccc(N3CCN(c4cncc5ncnn45)CC3)c2cc1OC. The van der Waals surface area contributed by atoms with Crippen LogP contribution in [-0.2, 0) is 0 Å². The number of piperazine rings is 1. The molecule has 9 nitrogen and oxygen atoms in total. The Labute approximate surface area is 167 Å². The van der Waals surface area contributed by atoms with Crippen molar-refractivity contribution in [2.24, 2.45) is 0 Å². The molecular formula is C20H21N7O2. The molecule has 1 fully saturated rings. The number of aromatic nitrogens is 5. The van der Waals surface area contributed by atoms with Crippen LogP contribution in [0.25, 0.3) is 16.6 Å². The molecular weight excluding hydrogens is 370 g/mol. The van der Waals surface area contributed by atoms with E-state index in [-0.39, 0.29) is 0 Å². The Morgan fingerprint density at radius 1 is 0.897 bits per heavy atom. The normalized spacial score (nSPS) is 14.6. The molecule has 1 aliphatic rings. The van der Waals surface area contributed by atoms with Crippen LogP contribution in [0.5, 0.6) is 11.5 Å². The van der Waals surface area contributed by atoms with E-state index in [9.17, 15) is 0 Å². The van der Waals surface area contributed by atoms with Gasteiger partial charge in [-0.3, -0.25) is 9.97 Å². The fourth-order valence-electron chi connectivity index (χ4n) is 3.87. The lowest BCUT2D eigenvalue weighted by molar-refractivity contribution is 0.356. The van der Waals surface area contributed by atoms with E-state index in [0.29, 0.717) is 11.5 Å². The van der Waals surface area contributed by atoms with Gasteiger partial charge in [-0.15, -0.1) is 0 Å². The highest BCUT2D eigenvalue weighted by atomic mass is 16.5. The van der Waals surface area contributed by atoms with E-state index in [1.165, 1.54) is 0 Å². The summed E-state index contributed by atoms with van der Waals surface area (Å²) in [5, 5.41) is 5.38. The van der Waals surface area contributed by atoms with Crippen LogP contribution in [0.1, 0.15) is 0 Å². The minimum absolute atomic E-state index is 0.683. The van der Waals surface area contributed by atoms with Crippen molar-refractivity contribution in [2.45, 2.75) is 0 Å². The maximum atomic E-state index is 5.49. The molecule has 0 unspecified atom stereocenters. The number of hydrogen-bond acceptors (Lipinski definition) is 8. The van der Waals surface area contributed by atoms with Crippen molar-refractivity contribution in [3.8, 4) is 11.5 Å². The standard InChI is InChI=1S/C20H21N7O2/c1-28-17-9-14-15(10-18(17)29-2)22-4-3-16(14)25-5-7-26(8-6-25)20-12-21-11-19-23-13-24-27(19)20/h3-4,9-13H,5-8H2,1-2H3. The van der Waals surface area contributed by atoms with Crippen LogP contribution in [0.3, 0.4) is 0 Å². The van der Waals surface area contributed by atoms with Crippen LogP contribution >= 0.6 is 0 Å². The minimum atomic E-state index is 0.683. The average Bonchev–Trinajstić information content (AvgIpc) is 3.27. The number of rotatable bonds is 4. The zero-order valence-electron chi connectivity index (χ0n) is 16.3. The maximum absolute atomic E-state index is 5.49. The second kappa shape index (κ2) is 7.08. The highest BCUT2D eigenvalue weighted by Gasteiger charge is 2.22. The smallest absolute Gasteiger partial charge is 0.175 e. The lowest BCUT2D eigenvalue weighted by Gasteiger charge is -2.37. The van der Waals surface area contributed by atoms with Crippen LogP contribution in [0, 0.1) is 0 Å². The number of fused-ring (bicyclic) bond motifs is 2. The number of ether oxygens (including phenoxy) is 2. The first-order chi connectivity index (χ1) is 14.3. The first-order valence-corrected chi connectivity index (χ1v) is 9.43. The Hall–Kier alpha value is -3.62. The van der Waals surface area contributed by atoms with Crippen LogP contribution < -0.4 is 19.3 Å². The summed E-state index contributed by atoms with van der Waals surface area (Å²) in [5.74, 6) is 2.35. The largest absolute Gasteiger partial charge is 0.493 e. The Balaban J connectivity index is 1.43. The number of pyridine rings is 1. The predicted octanol–water partition coefficient (Wildman–Crippen LogP) is 2.02. The molecule has 9 heteroatoms. The van der Waals surface area contributed by atoms with Gasteiger partial charge in [0.2, 0.25) is 0 Å². The fraction of sp³-hybridized carbons (Fsp3) is 0.300. The number of anilines is 2. The van der Waals surface area contributed by atoms with E-state index in [4.69, 9.17) is 9.47 Å². The minimum Gasteiger partial charge on any atom is -0.493 e.